The summed E-state index contributed by atoms with van der Waals surface area (Å²) in [5.41, 5.74) is 0.606. The van der Waals surface area contributed by atoms with Crippen LogP contribution in [0.25, 0.3) is 0 Å². The average molecular weight is 392 g/mol. The normalized spacial score (nSPS) is 11.7. The number of para-hydroxylation sites is 1. The van der Waals surface area contributed by atoms with Crippen LogP contribution in [0.2, 0.25) is 0 Å². The minimum atomic E-state index is -0.498. The summed E-state index contributed by atoms with van der Waals surface area (Å²) in [5, 5.41) is 9.33. The molecule has 0 saturated carbocycles. The van der Waals surface area contributed by atoms with Crippen LogP contribution < -0.4 is 25.7 Å². The molecule has 1 aliphatic heterocycles. The number of benzene rings is 2. The van der Waals surface area contributed by atoms with E-state index in [1.807, 2.05) is 6.07 Å². The zero-order chi connectivity index (χ0) is 20.2. The van der Waals surface area contributed by atoms with E-state index in [0.717, 1.165) is 4.68 Å². The third kappa shape index (κ3) is 4.24. The summed E-state index contributed by atoms with van der Waals surface area (Å²) in [7, 11) is 0. The molecule has 0 bridgehead atoms. The average Bonchev–Trinajstić information content (AvgIpc) is 3.18. The van der Waals surface area contributed by atoms with Gasteiger partial charge >= 0.3 is 0 Å². The fourth-order valence-electron chi connectivity index (χ4n) is 2.71. The monoisotopic (exact) mass is 392 g/mol. The molecule has 146 valence electrons. The van der Waals surface area contributed by atoms with Crippen molar-refractivity contribution in [3.63, 3.8) is 0 Å². The molecule has 9 nitrogen and oxygen atoms in total. The summed E-state index contributed by atoms with van der Waals surface area (Å²) < 4.78 is 11.4. The molecular formula is C20H16N4O5. The highest BCUT2D eigenvalue weighted by Gasteiger charge is 2.15. The molecule has 9 heteroatoms. The Labute approximate surface area is 164 Å². The first kappa shape index (κ1) is 18.2. The minimum absolute atomic E-state index is 0.0179. The van der Waals surface area contributed by atoms with E-state index in [2.05, 4.69) is 15.7 Å². The number of hydrogen-bond acceptors (Lipinski definition) is 6. The summed E-state index contributed by atoms with van der Waals surface area (Å²) in [6.45, 7) is -0.219. The zero-order valence-electron chi connectivity index (χ0n) is 15.1. The van der Waals surface area contributed by atoms with Crippen molar-refractivity contribution >= 4 is 23.2 Å². The molecule has 2 heterocycles. The maximum absolute atomic E-state index is 12.3. The van der Waals surface area contributed by atoms with Crippen LogP contribution in [-0.2, 0) is 11.3 Å². The first-order valence-electron chi connectivity index (χ1n) is 8.72. The van der Waals surface area contributed by atoms with Crippen molar-refractivity contribution in [3.05, 3.63) is 76.7 Å². The van der Waals surface area contributed by atoms with Crippen LogP contribution in [-0.4, -0.2) is 28.4 Å². The summed E-state index contributed by atoms with van der Waals surface area (Å²) in [6.07, 6.45) is 0. The molecule has 0 fully saturated rings. The molecule has 4 rings (SSSR count). The number of carbonyl (C=O) groups excluding carboxylic acids is 2. The highest BCUT2D eigenvalue weighted by Crippen LogP contribution is 2.34. The second-order valence-electron chi connectivity index (χ2n) is 6.15. The van der Waals surface area contributed by atoms with E-state index in [0.29, 0.717) is 22.9 Å². The topological polar surface area (TPSA) is 112 Å². The smallest absolute Gasteiger partial charge is 0.276 e. The Morgan fingerprint density at radius 1 is 0.931 bits per heavy atom. The zero-order valence-corrected chi connectivity index (χ0v) is 15.1. The number of ether oxygens (including phenoxy) is 2. The molecule has 29 heavy (non-hydrogen) atoms. The summed E-state index contributed by atoms with van der Waals surface area (Å²) in [5.74, 6) is 0.163. The molecule has 3 aromatic rings. The number of aromatic nitrogens is 2. The molecule has 1 aromatic heterocycles. The molecule has 1 aliphatic rings. The van der Waals surface area contributed by atoms with Gasteiger partial charge in [0, 0.05) is 23.5 Å². The Morgan fingerprint density at radius 2 is 1.72 bits per heavy atom. The van der Waals surface area contributed by atoms with E-state index in [1.165, 1.54) is 12.1 Å². The molecule has 0 saturated heterocycles. The lowest BCUT2D eigenvalue weighted by atomic mass is 10.3. The van der Waals surface area contributed by atoms with Crippen LogP contribution in [0.3, 0.4) is 0 Å². The maximum atomic E-state index is 12.3. The summed E-state index contributed by atoms with van der Waals surface area (Å²) >= 11 is 0. The van der Waals surface area contributed by atoms with E-state index < -0.39 is 17.4 Å². The van der Waals surface area contributed by atoms with Gasteiger partial charge in [-0.15, -0.1) is 0 Å². The first-order valence-corrected chi connectivity index (χ1v) is 8.72. The lowest BCUT2D eigenvalue weighted by Gasteiger charge is -2.09. The van der Waals surface area contributed by atoms with Crippen LogP contribution in [0, 0.1) is 0 Å². The fraction of sp³-hybridized carbons (Fsp3) is 0.100. The van der Waals surface area contributed by atoms with Gasteiger partial charge in [0.05, 0.1) is 0 Å². The van der Waals surface area contributed by atoms with Gasteiger partial charge in [-0.25, -0.2) is 4.68 Å². The highest BCUT2D eigenvalue weighted by molar-refractivity contribution is 6.02. The van der Waals surface area contributed by atoms with Gasteiger partial charge in [0.25, 0.3) is 11.5 Å². The minimum Gasteiger partial charge on any atom is -0.454 e. The number of fused-ring (bicyclic) bond motifs is 1. The van der Waals surface area contributed by atoms with Crippen LogP contribution in [0.1, 0.15) is 10.5 Å². The fourth-order valence-corrected chi connectivity index (χ4v) is 2.71. The summed E-state index contributed by atoms with van der Waals surface area (Å²) in [4.78, 5) is 36.7. The van der Waals surface area contributed by atoms with Gasteiger partial charge in [-0.1, -0.05) is 18.2 Å². The Balaban J connectivity index is 1.45. The first-order chi connectivity index (χ1) is 14.1. The lowest BCUT2D eigenvalue weighted by molar-refractivity contribution is -0.117. The third-order valence-electron chi connectivity index (χ3n) is 4.08. The predicted molar refractivity (Wildman–Crippen MR) is 104 cm³/mol. The number of nitrogens with zero attached hydrogens (tertiary/aromatic N) is 2. The second kappa shape index (κ2) is 7.85. The van der Waals surface area contributed by atoms with Crippen LogP contribution >= 0.6 is 0 Å². The number of anilines is 2. The van der Waals surface area contributed by atoms with E-state index in [-0.39, 0.29) is 19.0 Å². The molecular weight excluding hydrogens is 376 g/mol. The van der Waals surface area contributed by atoms with E-state index in [4.69, 9.17) is 9.47 Å². The van der Waals surface area contributed by atoms with Gasteiger partial charge < -0.3 is 20.1 Å². The van der Waals surface area contributed by atoms with Crippen molar-refractivity contribution in [2.24, 2.45) is 0 Å². The molecule has 0 spiro atoms. The van der Waals surface area contributed by atoms with Crippen molar-refractivity contribution in [2.45, 2.75) is 6.54 Å². The third-order valence-corrected chi connectivity index (χ3v) is 4.08. The second-order valence-corrected chi connectivity index (χ2v) is 6.15. The van der Waals surface area contributed by atoms with Gasteiger partial charge in [-0.2, -0.15) is 5.10 Å². The lowest BCUT2D eigenvalue weighted by Crippen LogP contribution is -2.31. The van der Waals surface area contributed by atoms with E-state index in [1.54, 1.807) is 42.5 Å². The summed E-state index contributed by atoms with van der Waals surface area (Å²) in [6, 6.07) is 16.3. The molecule has 2 aromatic carbocycles. The van der Waals surface area contributed by atoms with E-state index >= 15 is 0 Å². The van der Waals surface area contributed by atoms with Crippen LogP contribution in [0.4, 0.5) is 11.4 Å². The number of nitrogens with one attached hydrogen (secondary N) is 2. The van der Waals surface area contributed by atoms with E-state index in [9.17, 15) is 14.4 Å². The Hall–Kier alpha value is -4.14. The highest BCUT2D eigenvalue weighted by atomic mass is 16.7. The molecule has 0 unspecified atom stereocenters. The standard InChI is InChI=1S/C20H16N4O5/c25-18(21-14-6-8-16-17(10-14)29-12-28-16)11-24-19(26)9-7-15(23-24)20(27)22-13-4-2-1-3-5-13/h1-10H,11-12H2,(H,21,25)(H,22,27). The molecule has 0 aliphatic carbocycles. The van der Waals surface area contributed by atoms with Crippen molar-refractivity contribution in [1.29, 1.82) is 0 Å². The number of amides is 2. The van der Waals surface area contributed by atoms with Gasteiger partial charge in [0.15, 0.2) is 11.5 Å². The SMILES string of the molecule is O=C(Cn1nc(C(=O)Nc2ccccc2)ccc1=O)Nc1ccc2c(c1)OCO2. The maximum Gasteiger partial charge on any atom is 0.276 e. The van der Waals surface area contributed by atoms with Gasteiger partial charge in [-0.3, -0.25) is 14.4 Å². The van der Waals surface area contributed by atoms with Crippen molar-refractivity contribution < 1.29 is 19.1 Å². The quantitative estimate of drug-likeness (QED) is 0.686. The van der Waals surface area contributed by atoms with Gasteiger partial charge in [-0.05, 0) is 30.3 Å². The molecule has 2 N–H and O–H groups in total. The predicted octanol–water partition coefficient (Wildman–Crippen LogP) is 1.86. The molecule has 2 amide bonds. The Bertz CT molecular complexity index is 1130. The molecule has 0 atom stereocenters. The number of rotatable bonds is 5. The Kier molecular flexibility index (Phi) is 4.93. The van der Waals surface area contributed by atoms with Gasteiger partial charge in [0.1, 0.15) is 12.2 Å². The van der Waals surface area contributed by atoms with Crippen LogP contribution in [0.5, 0.6) is 11.5 Å². The van der Waals surface area contributed by atoms with Crippen LogP contribution in [0.15, 0.2) is 65.5 Å². The number of carbonyl (C=O) groups is 2. The van der Waals surface area contributed by atoms with Crippen molar-refractivity contribution in [3.8, 4) is 11.5 Å². The van der Waals surface area contributed by atoms with Crippen molar-refractivity contribution in [2.75, 3.05) is 17.4 Å². The largest absolute Gasteiger partial charge is 0.454 e. The Morgan fingerprint density at radius 3 is 2.55 bits per heavy atom. The van der Waals surface area contributed by atoms with Gasteiger partial charge in [0.2, 0.25) is 12.7 Å². The molecule has 0 radical (unpaired) electrons. The van der Waals surface area contributed by atoms with Crippen molar-refractivity contribution in [1.82, 2.24) is 9.78 Å². The number of hydrogen-bond donors (Lipinski definition) is 2.